The lowest BCUT2D eigenvalue weighted by Gasteiger charge is -2.12. The van der Waals surface area contributed by atoms with Crippen molar-refractivity contribution in [2.24, 2.45) is 0 Å². The summed E-state index contributed by atoms with van der Waals surface area (Å²) in [4.78, 5) is 12.6. The molecule has 36 heavy (non-hydrogen) atoms. The third-order valence-electron chi connectivity index (χ3n) is 5.01. The zero-order valence-electron chi connectivity index (χ0n) is 19.4. The van der Waals surface area contributed by atoms with Gasteiger partial charge in [-0.15, -0.1) is 10.2 Å². The van der Waals surface area contributed by atoms with E-state index in [-0.39, 0.29) is 17.4 Å². The molecule has 1 N–H and O–H groups in total. The van der Waals surface area contributed by atoms with Gasteiger partial charge in [0.15, 0.2) is 5.16 Å². The van der Waals surface area contributed by atoms with E-state index in [1.54, 1.807) is 0 Å². The largest absolute Gasteiger partial charge is 0.494 e. The summed E-state index contributed by atoms with van der Waals surface area (Å²) >= 11 is 1.25. The number of anilines is 1. The van der Waals surface area contributed by atoms with Crippen LogP contribution in [0.4, 0.5) is 14.5 Å². The predicted octanol–water partition coefficient (Wildman–Crippen LogP) is 5.59. The van der Waals surface area contributed by atoms with Crippen molar-refractivity contribution < 1.29 is 23.0 Å². The third-order valence-corrected chi connectivity index (χ3v) is 5.94. The fourth-order valence-corrected chi connectivity index (χ4v) is 4.22. The van der Waals surface area contributed by atoms with Crippen LogP contribution in [0.3, 0.4) is 0 Å². The number of hydrogen-bond acceptors (Lipinski definition) is 6. The number of hydrogen-bond donors (Lipinski definition) is 1. The van der Waals surface area contributed by atoms with Crippen LogP contribution in [0.25, 0.3) is 5.69 Å². The first-order valence-electron chi connectivity index (χ1n) is 11.2. The summed E-state index contributed by atoms with van der Waals surface area (Å²) < 4.78 is 36.4. The quantitative estimate of drug-likeness (QED) is 0.265. The van der Waals surface area contributed by atoms with Crippen LogP contribution in [0.5, 0.6) is 11.5 Å². The Labute approximate surface area is 211 Å². The second kappa shape index (κ2) is 12.2. The first-order valence-corrected chi connectivity index (χ1v) is 12.2. The summed E-state index contributed by atoms with van der Waals surface area (Å²) in [5.41, 5.74) is 2.41. The summed E-state index contributed by atoms with van der Waals surface area (Å²) in [5.74, 6) is 1.33. The Balaban J connectivity index is 1.49. The standard InChI is InChI=1S/C26H24F2N4O3S/c1-2-34-21-14-10-20(11-15-21)32-23(16-18-6-4-3-5-7-18)30-31-26(32)36-17-24(33)29-19-8-12-22(13-9-19)35-25(27)28/h3-15,25H,2,16-17H2,1H3,(H,29,33). The van der Waals surface area contributed by atoms with Gasteiger partial charge in [0.2, 0.25) is 5.91 Å². The molecule has 4 rings (SSSR count). The molecular formula is C26H24F2N4O3S. The van der Waals surface area contributed by atoms with Crippen molar-refractivity contribution in [3.63, 3.8) is 0 Å². The van der Waals surface area contributed by atoms with Gasteiger partial charge >= 0.3 is 6.61 Å². The molecule has 0 radical (unpaired) electrons. The Bertz CT molecular complexity index is 1270. The maximum absolute atomic E-state index is 12.6. The minimum Gasteiger partial charge on any atom is -0.494 e. The monoisotopic (exact) mass is 510 g/mol. The molecule has 10 heteroatoms. The Morgan fingerprint density at radius 2 is 1.67 bits per heavy atom. The van der Waals surface area contributed by atoms with E-state index >= 15 is 0 Å². The van der Waals surface area contributed by atoms with Gasteiger partial charge < -0.3 is 14.8 Å². The van der Waals surface area contributed by atoms with Crippen LogP contribution in [0, 0.1) is 0 Å². The molecule has 0 unspecified atom stereocenters. The second-order valence-electron chi connectivity index (χ2n) is 7.56. The lowest BCUT2D eigenvalue weighted by Crippen LogP contribution is -2.14. The van der Waals surface area contributed by atoms with Crippen LogP contribution < -0.4 is 14.8 Å². The summed E-state index contributed by atoms with van der Waals surface area (Å²) in [6.45, 7) is -0.401. The van der Waals surface area contributed by atoms with Crippen molar-refractivity contribution in [2.75, 3.05) is 17.7 Å². The van der Waals surface area contributed by atoms with Gasteiger partial charge in [-0.2, -0.15) is 8.78 Å². The number of thioether (sulfide) groups is 1. The highest BCUT2D eigenvalue weighted by atomic mass is 32.2. The van der Waals surface area contributed by atoms with Crippen LogP contribution in [-0.2, 0) is 11.2 Å². The molecule has 186 valence electrons. The average Bonchev–Trinajstić information content (AvgIpc) is 3.27. The molecule has 0 saturated heterocycles. The summed E-state index contributed by atoms with van der Waals surface area (Å²) in [7, 11) is 0. The van der Waals surface area contributed by atoms with Crippen LogP contribution in [0.2, 0.25) is 0 Å². The molecule has 0 aliphatic carbocycles. The summed E-state index contributed by atoms with van der Waals surface area (Å²) in [6.07, 6.45) is 0.570. The molecule has 4 aromatic rings. The number of nitrogens with zero attached hydrogens (tertiary/aromatic N) is 3. The first kappa shape index (κ1) is 25.2. The van der Waals surface area contributed by atoms with Crippen LogP contribution in [-0.4, -0.2) is 39.6 Å². The molecule has 0 spiro atoms. The Kier molecular flexibility index (Phi) is 8.51. The van der Waals surface area contributed by atoms with E-state index in [4.69, 9.17) is 4.74 Å². The minimum absolute atomic E-state index is 0.0202. The number of halogens is 2. The van der Waals surface area contributed by atoms with E-state index in [9.17, 15) is 13.6 Å². The molecule has 0 fully saturated rings. The first-order chi connectivity index (χ1) is 17.5. The van der Waals surface area contributed by atoms with Gasteiger partial charge in [0.25, 0.3) is 0 Å². The number of aromatic nitrogens is 3. The van der Waals surface area contributed by atoms with Gasteiger partial charge in [-0.25, -0.2) is 0 Å². The number of alkyl halides is 2. The SMILES string of the molecule is CCOc1ccc(-n2c(Cc3ccccc3)nnc2SCC(=O)Nc2ccc(OC(F)F)cc2)cc1. The minimum atomic E-state index is -2.90. The highest BCUT2D eigenvalue weighted by Crippen LogP contribution is 2.26. The van der Waals surface area contributed by atoms with E-state index in [1.165, 1.54) is 36.0 Å². The summed E-state index contributed by atoms with van der Waals surface area (Å²) in [6, 6.07) is 23.3. The molecule has 3 aromatic carbocycles. The molecule has 0 bridgehead atoms. The van der Waals surface area contributed by atoms with E-state index in [0.717, 1.165) is 22.8 Å². The van der Waals surface area contributed by atoms with Crippen molar-refractivity contribution in [1.29, 1.82) is 0 Å². The number of nitrogens with one attached hydrogen (secondary N) is 1. The number of rotatable bonds is 11. The van der Waals surface area contributed by atoms with Crippen molar-refractivity contribution in [2.45, 2.75) is 25.1 Å². The molecule has 7 nitrogen and oxygen atoms in total. The van der Waals surface area contributed by atoms with Crippen molar-refractivity contribution >= 4 is 23.4 Å². The number of carbonyl (C=O) groups is 1. The highest BCUT2D eigenvalue weighted by Gasteiger charge is 2.17. The fourth-order valence-electron chi connectivity index (χ4n) is 3.45. The average molecular weight is 511 g/mol. The lowest BCUT2D eigenvalue weighted by molar-refractivity contribution is -0.113. The smallest absolute Gasteiger partial charge is 0.387 e. The van der Waals surface area contributed by atoms with Gasteiger partial charge in [0.1, 0.15) is 17.3 Å². The number of ether oxygens (including phenoxy) is 2. The van der Waals surface area contributed by atoms with E-state index in [2.05, 4.69) is 20.3 Å². The van der Waals surface area contributed by atoms with Gasteiger partial charge in [-0.1, -0.05) is 42.1 Å². The Morgan fingerprint density at radius 1 is 0.972 bits per heavy atom. The van der Waals surface area contributed by atoms with E-state index < -0.39 is 6.61 Å². The normalized spacial score (nSPS) is 10.9. The highest BCUT2D eigenvalue weighted by molar-refractivity contribution is 7.99. The van der Waals surface area contributed by atoms with Crippen molar-refractivity contribution in [3.05, 3.63) is 90.3 Å². The second-order valence-corrected chi connectivity index (χ2v) is 8.51. The lowest BCUT2D eigenvalue weighted by atomic mass is 10.1. The molecule has 0 aliphatic heterocycles. The zero-order chi connectivity index (χ0) is 25.3. The fraction of sp³-hybridized carbons (Fsp3) is 0.192. The molecule has 1 aromatic heterocycles. The van der Waals surface area contributed by atoms with E-state index in [0.29, 0.717) is 23.9 Å². The van der Waals surface area contributed by atoms with Gasteiger partial charge in [0, 0.05) is 17.8 Å². The zero-order valence-corrected chi connectivity index (χ0v) is 20.3. The molecule has 1 amide bonds. The molecule has 0 aliphatic rings. The molecule has 0 atom stereocenters. The number of carbonyl (C=O) groups excluding carboxylic acids is 1. The number of benzene rings is 3. The topological polar surface area (TPSA) is 78.3 Å². The van der Waals surface area contributed by atoms with E-state index in [1.807, 2.05) is 66.1 Å². The van der Waals surface area contributed by atoms with Crippen LogP contribution in [0.15, 0.2) is 84.0 Å². The van der Waals surface area contributed by atoms with Gasteiger partial charge in [0.05, 0.1) is 12.4 Å². The summed E-state index contributed by atoms with van der Waals surface area (Å²) in [5, 5.41) is 12.1. The van der Waals surface area contributed by atoms with Crippen molar-refractivity contribution in [3.8, 4) is 17.2 Å². The Hall–Kier alpha value is -3.92. The maximum Gasteiger partial charge on any atom is 0.387 e. The van der Waals surface area contributed by atoms with Crippen LogP contribution >= 0.6 is 11.8 Å². The van der Waals surface area contributed by atoms with Crippen LogP contribution in [0.1, 0.15) is 18.3 Å². The Morgan fingerprint density at radius 3 is 2.33 bits per heavy atom. The van der Waals surface area contributed by atoms with Gasteiger partial charge in [-0.05, 0) is 61.0 Å². The molecule has 1 heterocycles. The third kappa shape index (κ3) is 6.82. The van der Waals surface area contributed by atoms with Crippen molar-refractivity contribution in [1.82, 2.24) is 14.8 Å². The predicted molar refractivity (Wildman–Crippen MR) is 134 cm³/mol. The molecule has 0 saturated carbocycles. The van der Waals surface area contributed by atoms with Gasteiger partial charge in [-0.3, -0.25) is 9.36 Å². The maximum atomic E-state index is 12.6. The molecular weight excluding hydrogens is 486 g/mol. The number of amides is 1.